The molecule has 0 fully saturated rings. The third-order valence-corrected chi connectivity index (χ3v) is 4.11. The predicted octanol–water partition coefficient (Wildman–Crippen LogP) is 5.01. The summed E-state index contributed by atoms with van der Waals surface area (Å²) in [6.07, 6.45) is 1.62. The molecule has 0 spiro atoms. The first-order valence-electron chi connectivity index (χ1n) is 8.72. The molecule has 0 saturated carbocycles. The second kappa shape index (κ2) is 7.91. The van der Waals surface area contributed by atoms with E-state index in [0.717, 1.165) is 16.9 Å². The number of methoxy groups -OCH3 is 1. The number of nitrogens with zero attached hydrogens (tertiary/aromatic N) is 1. The van der Waals surface area contributed by atoms with Crippen LogP contribution in [0.5, 0.6) is 5.75 Å². The van der Waals surface area contributed by atoms with Crippen LogP contribution in [-0.4, -0.2) is 18.0 Å². The number of nitrogens with one attached hydrogen (secondary N) is 2. The van der Waals surface area contributed by atoms with E-state index in [2.05, 4.69) is 47.7 Å². The van der Waals surface area contributed by atoms with E-state index in [4.69, 9.17) is 4.74 Å². The molecule has 1 heterocycles. The van der Waals surface area contributed by atoms with Crippen LogP contribution in [0.25, 0.3) is 0 Å². The molecule has 0 aliphatic heterocycles. The Kier molecular flexibility index (Phi) is 5.41. The highest BCUT2D eigenvalue weighted by Crippen LogP contribution is 2.26. The van der Waals surface area contributed by atoms with Crippen molar-refractivity contribution in [3.05, 3.63) is 77.1 Å². The summed E-state index contributed by atoms with van der Waals surface area (Å²) in [5.74, 6) is 0.321. The summed E-state index contributed by atoms with van der Waals surface area (Å²) in [7, 11) is 1.58. The van der Waals surface area contributed by atoms with Crippen LogP contribution in [0.15, 0.2) is 54.7 Å². The number of ether oxygens (including phenoxy) is 1. The summed E-state index contributed by atoms with van der Waals surface area (Å²) in [6.45, 7) is 6.07. The van der Waals surface area contributed by atoms with E-state index in [1.165, 1.54) is 11.1 Å². The van der Waals surface area contributed by atoms with Gasteiger partial charge >= 0.3 is 0 Å². The van der Waals surface area contributed by atoms with Crippen molar-refractivity contribution in [1.29, 1.82) is 0 Å². The molecule has 2 N–H and O–H groups in total. The number of carbonyl (C=O) groups is 1. The molecule has 0 aliphatic carbocycles. The number of hydrogen-bond donors (Lipinski definition) is 2. The molecule has 0 radical (unpaired) electrons. The molecule has 3 rings (SSSR count). The third-order valence-electron chi connectivity index (χ3n) is 4.11. The molecule has 1 amide bonds. The molecule has 138 valence electrons. The molecule has 0 saturated heterocycles. The van der Waals surface area contributed by atoms with Crippen LogP contribution in [0.3, 0.4) is 0 Å². The number of benzene rings is 2. The van der Waals surface area contributed by atoms with Gasteiger partial charge in [-0.05, 0) is 73.9 Å². The van der Waals surface area contributed by atoms with Gasteiger partial charge in [0.15, 0.2) is 0 Å². The largest absolute Gasteiger partial charge is 0.495 e. The highest BCUT2D eigenvalue weighted by atomic mass is 16.5. The van der Waals surface area contributed by atoms with Crippen LogP contribution in [0.2, 0.25) is 0 Å². The van der Waals surface area contributed by atoms with E-state index in [9.17, 15) is 4.79 Å². The predicted molar refractivity (Wildman–Crippen MR) is 109 cm³/mol. The smallest absolute Gasteiger partial charge is 0.274 e. The Labute approximate surface area is 159 Å². The van der Waals surface area contributed by atoms with E-state index in [0.29, 0.717) is 17.1 Å². The van der Waals surface area contributed by atoms with Gasteiger partial charge in [-0.2, -0.15) is 0 Å². The lowest BCUT2D eigenvalue weighted by molar-refractivity contribution is 0.102. The van der Waals surface area contributed by atoms with Crippen LogP contribution in [0, 0.1) is 20.8 Å². The van der Waals surface area contributed by atoms with Gasteiger partial charge < -0.3 is 15.4 Å². The number of anilines is 3. The lowest BCUT2D eigenvalue weighted by Gasteiger charge is -2.12. The molecule has 1 aromatic heterocycles. The van der Waals surface area contributed by atoms with Crippen LogP contribution in [0.4, 0.5) is 17.1 Å². The van der Waals surface area contributed by atoms with Gasteiger partial charge in [0, 0.05) is 17.6 Å². The molecule has 0 unspecified atom stereocenters. The Bertz CT molecular complexity index is 963. The number of carbonyl (C=O) groups excluding carboxylic acids is 1. The van der Waals surface area contributed by atoms with Gasteiger partial charge in [0.1, 0.15) is 11.4 Å². The molecule has 5 heteroatoms. The summed E-state index contributed by atoms with van der Waals surface area (Å²) in [5, 5.41) is 6.21. The Morgan fingerprint density at radius 2 is 1.63 bits per heavy atom. The van der Waals surface area contributed by atoms with E-state index in [1.54, 1.807) is 19.4 Å². The van der Waals surface area contributed by atoms with Gasteiger partial charge in [0.2, 0.25) is 0 Å². The second-order valence-electron chi connectivity index (χ2n) is 6.59. The zero-order valence-corrected chi connectivity index (χ0v) is 16.0. The fraction of sp³-hybridized carbons (Fsp3) is 0.182. The van der Waals surface area contributed by atoms with Crippen molar-refractivity contribution in [2.75, 3.05) is 17.7 Å². The van der Waals surface area contributed by atoms with E-state index in [-0.39, 0.29) is 5.91 Å². The summed E-state index contributed by atoms with van der Waals surface area (Å²) < 4.78 is 5.31. The van der Waals surface area contributed by atoms with Gasteiger partial charge in [0.25, 0.3) is 5.91 Å². The summed E-state index contributed by atoms with van der Waals surface area (Å²) >= 11 is 0. The van der Waals surface area contributed by atoms with Gasteiger partial charge in [-0.1, -0.05) is 12.1 Å². The maximum absolute atomic E-state index is 12.6. The lowest BCUT2D eigenvalue weighted by atomic mass is 10.1. The Hall–Kier alpha value is -3.34. The van der Waals surface area contributed by atoms with Gasteiger partial charge in [-0.25, -0.2) is 0 Å². The Balaban J connectivity index is 1.80. The molecule has 2 aromatic carbocycles. The number of amides is 1. The molecule has 0 atom stereocenters. The van der Waals surface area contributed by atoms with Crippen molar-refractivity contribution < 1.29 is 9.53 Å². The first kappa shape index (κ1) is 18.5. The number of rotatable bonds is 5. The third kappa shape index (κ3) is 4.64. The van der Waals surface area contributed by atoms with Gasteiger partial charge in [-0.15, -0.1) is 0 Å². The van der Waals surface area contributed by atoms with Crippen molar-refractivity contribution >= 4 is 23.0 Å². The van der Waals surface area contributed by atoms with Crippen molar-refractivity contribution in [2.24, 2.45) is 0 Å². The van der Waals surface area contributed by atoms with E-state index < -0.39 is 0 Å². The minimum atomic E-state index is -0.289. The maximum atomic E-state index is 12.6. The number of hydrogen-bond acceptors (Lipinski definition) is 4. The number of aryl methyl sites for hydroxylation is 3. The molecular weight excluding hydrogens is 338 g/mol. The minimum absolute atomic E-state index is 0.289. The highest BCUT2D eigenvalue weighted by molar-refractivity contribution is 6.04. The normalized spacial score (nSPS) is 10.4. The monoisotopic (exact) mass is 361 g/mol. The fourth-order valence-electron chi connectivity index (χ4n) is 2.95. The minimum Gasteiger partial charge on any atom is -0.495 e. The molecule has 27 heavy (non-hydrogen) atoms. The number of pyridine rings is 1. The van der Waals surface area contributed by atoms with Crippen molar-refractivity contribution in [1.82, 2.24) is 4.98 Å². The van der Waals surface area contributed by atoms with Crippen molar-refractivity contribution in [3.8, 4) is 5.75 Å². The van der Waals surface area contributed by atoms with Crippen LogP contribution >= 0.6 is 0 Å². The zero-order valence-electron chi connectivity index (χ0n) is 16.0. The molecule has 5 nitrogen and oxygen atoms in total. The molecular formula is C22H23N3O2. The average molecular weight is 361 g/mol. The van der Waals surface area contributed by atoms with Crippen LogP contribution < -0.4 is 15.4 Å². The number of aromatic nitrogens is 1. The van der Waals surface area contributed by atoms with Crippen molar-refractivity contribution in [3.63, 3.8) is 0 Å². The summed E-state index contributed by atoms with van der Waals surface area (Å²) in [5.41, 5.74) is 6.11. The second-order valence-corrected chi connectivity index (χ2v) is 6.59. The Morgan fingerprint density at radius 3 is 2.33 bits per heavy atom. The van der Waals surface area contributed by atoms with Gasteiger partial charge in [-0.3, -0.25) is 9.78 Å². The summed E-state index contributed by atoms with van der Waals surface area (Å²) in [6, 6.07) is 15.4. The maximum Gasteiger partial charge on any atom is 0.274 e. The quantitative estimate of drug-likeness (QED) is 0.670. The Morgan fingerprint density at radius 1 is 0.889 bits per heavy atom. The summed E-state index contributed by atoms with van der Waals surface area (Å²) in [4.78, 5) is 16.8. The van der Waals surface area contributed by atoms with Crippen molar-refractivity contribution in [2.45, 2.75) is 20.8 Å². The topological polar surface area (TPSA) is 63.2 Å². The van der Waals surface area contributed by atoms with Crippen LogP contribution in [-0.2, 0) is 0 Å². The SMILES string of the molecule is COc1ccc(C)cc1NC(=O)c1cc(Nc2cc(C)cc(C)c2)ccn1. The molecule has 3 aromatic rings. The molecule has 0 aliphatic rings. The molecule has 0 bridgehead atoms. The van der Waals surface area contributed by atoms with E-state index in [1.807, 2.05) is 31.2 Å². The first-order chi connectivity index (χ1) is 12.9. The van der Waals surface area contributed by atoms with E-state index >= 15 is 0 Å². The van der Waals surface area contributed by atoms with Gasteiger partial charge in [0.05, 0.1) is 12.8 Å². The highest BCUT2D eigenvalue weighted by Gasteiger charge is 2.12. The lowest BCUT2D eigenvalue weighted by Crippen LogP contribution is -2.14. The van der Waals surface area contributed by atoms with Crippen LogP contribution in [0.1, 0.15) is 27.2 Å². The standard InChI is InChI=1S/C22H23N3O2/c1-14-5-6-21(27-4)19(12-14)25-22(26)20-13-17(7-8-23-20)24-18-10-15(2)9-16(3)11-18/h5-13H,1-4H3,(H,23,24)(H,25,26). The fourth-order valence-corrected chi connectivity index (χ4v) is 2.95. The zero-order chi connectivity index (χ0) is 19.4. The first-order valence-corrected chi connectivity index (χ1v) is 8.72. The average Bonchev–Trinajstić information content (AvgIpc) is 2.61.